The van der Waals surface area contributed by atoms with Crippen LogP contribution in [0.1, 0.15) is 46.5 Å². The highest BCUT2D eigenvalue weighted by Gasteiger charge is 2.41. The van der Waals surface area contributed by atoms with Crippen LogP contribution in [0.4, 0.5) is 0 Å². The third kappa shape index (κ3) is 3.21. The van der Waals surface area contributed by atoms with Gasteiger partial charge < -0.3 is 10.5 Å². The fourth-order valence-corrected chi connectivity index (χ4v) is 2.20. The summed E-state index contributed by atoms with van der Waals surface area (Å²) in [4.78, 5) is 12.1. The zero-order valence-electron chi connectivity index (χ0n) is 10.8. The molecule has 1 fully saturated rings. The Morgan fingerprint density at radius 2 is 2.00 bits per heavy atom. The van der Waals surface area contributed by atoms with E-state index in [0.29, 0.717) is 19.1 Å². The number of carbonyl (C=O) groups is 1. The fourth-order valence-electron chi connectivity index (χ4n) is 2.20. The quantitative estimate of drug-likeness (QED) is 0.750. The summed E-state index contributed by atoms with van der Waals surface area (Å²) >= 11 is 0. The van der Waals surface area contributed by atoms with Gasteiger partial charge in [0.05, 0.1) is 12.0 Å². The van der Waals surface area contributed by atoms with Gasteiger partial charge in [0.2, 0.25) is 0 Å². The molecule has 1 rings (SSSR count). The molecule has 3 nitrogen and oxygen atoms in total. The molecule has 2 N–H and O–H groups in total. The van der Waals surface area contributed by atoms with Crippen molar-refractivity contribution in [3.05, 3.63) is 0 Å². The van der Waals surface area contributed by atoms with Crippen molar-refractivity contribution >= 4 is 5.97 Å². The van der Waals surface area contributed by atoms with Gasteiger partial charge in [0.1, 0.15) is 0 Å². The number of esters is 1. The van der Waals surface area contributed by atoms with Crippen LogP contribution in [0.2, 0.25) is 0 Å². The summed E-state index contributed by atoms with van der Waals surface area (Å²) in [7, 11) is 0. The molecule has 1 aliphatic carbocycles. The van der Waals surface area contributed by atoms with E-state index in [2.05, 4.69) is 6.92 Å². The van der Waals surface area contributed by atoms with E-state index in [1.165, 1.54) is 0 Å². The summed E-state index contributed by atoms with van der Waals surface area (Å²) in [5, 5.41) is 0. The number of carbonyl (C=O) groups excluding carboxylic acids is 1. The maximum Gasteiger partial charge on any atom is 0.313 e. The SMILES string of the molecule is CC(C)COC(=O)C1(CN)CCC(C)CC1. The van der Waals surface area contributed by atoms with Gasteiger partial charge in [0, 0.05) is 6.54 Å². The van der Waals surface area contributed by atoms with Crippen LogP contribution in [0.15, 0.2) is 0 Å². The second-order valence-corrected chi connectivity index (χ2v) is 5.66. The van der Waals surface area contributed by atoms with Gasteiger partial charge >= 0.3 is 5.97 Å². The molecular formula is C13H25NO2. The highest BCUT2D eigenvalue weighted by molar-refractivity contribution is 5.77. The molecule has 0 spiro atoms. The minimum Gasteiger partial charge on any atom is -0.465 e. The molecule has 0 heterocycles. The lowest BCUT2D eigenvalue weighted by molar-refractivity contribution is -0.159. The highest BCUT2D eigenvalue weighted by atomic mass is 16.5. The molecule has 0 radical (unpaired) electrons. The smallest absolute Gasteiger partial charge is 0.313 e. The molecule has 1 aliphatic rings. The van der Waals surface area contributed by atoms with Crippen LogP contribution in [0.25, 0.3) is 0 Å². The van der Waals surface area contributed by atoms with E-state index < -0.39 is 0 Å². The van der Waals surface area contributed by atoms with E-state index in [9.17, 15) is 4.79 Å². The van der Waals surface area contributed by atoms with E-state index >= 15 is 0 Å². The Bertz CT molecular complexity index is 230. The van der Waals surface area contributed by atoms with Crippen LogP contribution in [0.3, 0.4) is 0 Å². The van der Waals surface area contributed by atoms with Crippen molar-refractivity contribution in [2.45, 2.75) is 46.5 Å². The van der Waals surface area contributed by atoms with E-state index in [4.69, 9.17) is 10.5 Å². The molecule has 0 aliphatic heterocycles. The first-order valence-corrected chi connectivity index (χ1v) is 6.37. The van der Waals surface area contributed by atoms with Gasteiger partial charge in [-0.05, 0) is 37.5 Å². The molecule has 16 heavy (non-hydrogen) atoms. The van der Waals surface area contributed by atoms with Crippen molar-refractivity contribution in [1.29, 1.82) is 0 Å². The minimum atomic E-state index is -0.387. The van der Waals surface area contributed by atoms with Crippen LogP contribution in [-0.4, -0.2) is 19.1 Å². The van der Waals surface area contributed by atoms with Crippen LogP contribution >= 0.6 is 0 Å². The lowest BCUT2D eigenvalue weighted by Gasteiger charge is -2.36. The summed E-state index contributed by atoms with van der Waals surface area (Å²) in [6.07, 6.45) is 3.96. The molecule has 0 aromatic heterocycles. The zero-order valence-corrected chi connectivity index (χ0v) is 10.8. The summed E-state index contributed by atoms with van der Waals surface area (Å²) in [5.41, 5.74) is 5.40. The van der Waals surface area contributed by atoms with Gasteiger partial charge in [0.15, 0.2) is 0 Å². The predicted octanol–water partition coefficient (Wildman–Crippen LogP) is 2.34. The Morgan fingerprint density at radius 1 is 1.44 bits per heavy atom. The average Bonchev–Trinajstić information content (AvgIpc) is 2.27. The minimum absolute atomic E-state index is 0.0735. The molecule has 0 aromatic carbocycles. The van der Waals surface area contributed by atoms with Gasteiger partial charge in [-0.1, -0.05) is 20.8 Å². The van der Waals surface area contributed by atoms with Crippen molar-refractivity contribution in [2.75, 3.05) is 13.2 Å². The molecular weight excluding hydrogens is 202 g/mol. The number of hydrogen-bond acceptors (Lipinski definition) is 3. The molecule has 0 saturated heterocycles. The van der Waals surface area contributed by atoms with E-state index in [1.807, 2.05) is 13.8 Å². The Balaban J connectivity index is 2.55. The standard InChI is InChI=1S/C13H25NO2/c1-10(2)8-16-12(15)13(9-14)6-4-11(3)5-7-13/h10-11H,4-9,14H2,1-3H3. The number of rotatable bonds is 4. The van der Waals surface area contributed by atoms with E-state index in [-0.39, 0.29) is 11.4 Å². The van der Waals surface area contributed by atoms with Gasteiger partial charge in [-0.25, -0.2) is 0 Å². The third-order valence-electron chi connectivity index (χ3n) is 3.60. The van der Waals surface area contributed by atoms with Crippen LogP contribution < -0.4 is 5.73 Å². The number of nitrogens with two attached hydrogens (primary N) is 1. The lowest BCUT2D eigenvalue weighted by Crippen LogP contribution is -2.43. The Labute approximate surface area is 98.7 Å². The topological polar surface area (TPSA) is 52.3 Å². The Hall–Kier alpha value is -0.570. The van der Waals surface area contributed by atoms with Crippen molar-refractivity contribution in [3.63, 3.8) is 0 Å². The van der Waals surface area contributed by atoms with Crippen molar-refractivity contribution < 1.29 is 9.53 Å². The molecule has 3 heteroatoms. The largest absolute Gasteiger partial charge is 0.465 e. The van der Waals surface area contributed by atoms with Crippen LogP contribution in [-0.2, 0) is 9.53 Å². The van der Waals surface area contributed by atoms with Gasteiger partial charge in [-0.2, -0.15) is 0 Å². The zero-order chi connectivity index (χ0) is 12.2. The average molecular weight is 227 g/mol. The number of ether oxygens (including phenoxy) is 1. The summed E-state index contributed by atoms with van der Waals surface area (Å²) in [5.74, 6) is 1.04. The monoisotopic (exact) mass is 227 g/mol. The fraction of sp³-hybridized carbons (Fsp3) is 0.923. The predicted molar refractivity (Wildman–Crippen MR) is 64.9 cm³/mol. The first kappa shape index (κ1) is 13.5. The second kappa shape index (κ2) is 5.67. The van der Waals surface area contributed by atoms with Gasteiger partial charge in [-0.3, -0.25) is 4.79 Å². The molecule has 0 bridgehead atoms. The molecule has 0 atom stereocenters. The van der Waals surface area contributed by atoms with Gasteiger partial charge in [-0.15, -0.1) is 0 Å². The molecule has 1 saturated carbocycles. The molecule has 0 aromatic rings. The normalized spacial score (nSPS) is 30.4. The Morgan fingerprint density at radius 3 is 2.44 bits per heavy atom. The first-order valence-electron chi connectivity index (χ1n) is 6.37. The molecule has 94 valence electrons. The van der Waals surface area contributed by atoms with Crippen LogP contribution in [0, 0.1) is 17.3 Å². The van der Waals surface area contributed by atoms with Crippen molar-refractivity contribution in [3.8, 4) is 0 Å². The van der Waals surface area contributed by atoms with Crippen molar-refractivity contribution in [1.82, 2.24) is 0 Å². The highest BCUT2D eigenvalue weighted by Crippen LogP contribution is 2.39. The van der Waals surface area contributed by atoms with Gasteiger partial charge in [0.25, 0.3) is 0 Å². The molecule has 0 amide bonds. The summed E-state index contributed by atoms with van der Waals surface area (Å²) < 4.78 is 5.35. The maximum absolute atomic E-state index is 12.1. The maximum atomic E-state index is 12.1. The first-order chi connectivity index (χ1) is 7.50. The second-order valence-electron chi connectivity index (χ2n) is 5.66. The van der Waals surface area contributed by atoms with Crippen LogP contribution in [0.5, 0.6) is 0 Å². The van der Waals surface area contributed by atoms with E-state index in [1.54, 1.807) is 0 Å². The molecule has 0 unspecified atom stereocenters. The van der Waals surface area contributed by atoms with E-state index in [0.717, 1.165) is 31.6 Å². The number of hydrogen-bond donors (Lipinski definition) is 1. The third-order valence-corrected chi connectivity index (χ3v) is 3.60. The summed E-state index contributed by atoms with van der Waals surface area (Å²) in [6, 6.07) is 0. The Kier molecular flexibility index (Phi) is 4.78. The summed E-state index contributed by atoms with van der Waals surface area (Å²) in [6.45, 7) is 7.27. The van der Waals surface area contributed by atoms with Crippen molar-refractivity contribution in [2.24, 2.45) is 23.0 Å². The lowest BCUT2D eigenvalue weighted by atomic mass is 9.71.